The molecule has 4 rings (SSSR count). The highest BCUT2D eigenvalue weighted by Gasteiger charge is 2.22. The van der Waals surface area contributed by atoms with Crippen LogP contribution in [-0.2, 0) is 12.8 Å². The largest absolute Gasteiger partial charge is 0.496 e. The molecule has 0 saturated carbocycles. The number of rotatable bonds is 9. The number of aryl methyl sites for hydroxylation is 1. The van der Waals surface area contributed by atoms with Crippen molar-refractivity contribution in [1.82, 2.24) is 10.3 Å². The van der Waals surface area contributed by atoms with Crippen LogP contribution in [0.25, 0.3) is 10.9 Å². The average molecular weight is 433 g/mol. The molecule has 1 atom stereocenters. The van der Waals surface area contributed by atoms with E-state index in [9.17, 15) is 4.39 Å². The number of benzene rings is 2. The summed E-state index contributed by atoms with van der Waals surface area (Å²) in [6.45, 7) is 2.77. The van der Waals surface area contributed by atoms with Gasteiger partial charge in [-0.15, -0.1) is 12.4 Å². The van der Waals surface area contributed by atoms with Gasteiger partial charge < -0.3 is 19.8 Å². The number of H-pyrrole nitrogens is 1. The third kappa shape index (κ3) is 5.27. The number of halogens is 2. The smallest absolute Gasteiger partial charge is 0.126 e. The molecule has 0 unspecified atom stereocenters. The Kier molecular flexibility index (Phi) is 8.00. The lowest BCUT2D eigenvalue weighted by Crippen LogP contribution is -2.23. The summed E-state index contributed by atoms with van der Waals surface area (Å²) in [7, 11) is 1.72. The molecule has 4 nitrogen and oxygen atoms in total. The Morgan fingerprint density at radius 1 is 1.20 bits per heavy atom. The fraction of sp³-hybridized carbons (Fsp3) is 0.417. The summed E-state index contributed by atoms with van der Waals surface area (Å²) in [4.78, 5) is 3.22. The Balaban J connectivity index is 0.00000256. The van der Waals surface area contributed by atoms with Gasteiger partial charge in [-0.05, 0) is 87.0 Å². The monoisotopic (exact) mass is 432 g/mol. The van der Waals surface area contributed by atoms with Crippen LogP contribution >= 0.6 is 12.4 Å². The van der Waals surface area contributed by atoms with Gasteiger partial charge in [0.2, 0.25) is 0 Å². The van der Waals surface area contributed by atoms with Gasteiger partial charge in [0.25, 0.3) is 0 Å². The average Bonchev–Trinajstić information content (AvgIpc) is 3.14. The van der Waals surface area contributed by atoms with Gasteiger partial charge in [0, 0.05) is 22.7 Å². The Morgan fingerprint density at radius 2 is 2.07 bits per heavy atom. The van der Waals surface area contributed by atoms with E-state index in [0.717, 1.165) is 74.2 Å². The minimum absolute atomic E-state index is 0. The van der Waals surface area contributed by atoms with E-state index in [2.05, 4.69) is 10.3 Å². The van der Waals surface area contributed by atoms with Crippen LogP contribution in [-0.4, -0.2) is 31.8 Å². The molecule has 3 aromatic rings. The highest BCUT2D eigenvalue weighted by atomic mass is 35.5. The van der Waals surface area contributed by atoms with Gasteiger partial charge in [0.15, 0.2) is 0 Å². The van der Waals surface area contributed by atoms with Crippen LogP contribution in [0.4, 0.5) is 4.39 Å². The van der Waals surface area contributed by atoms with E-state index in [1.807, 2.05) is 24.4 Å². The van der Waals surface area contributed by atoms with E-state index < -0.39 is 0 Å². The van der Waals surface area contributed by atoms with Crippen molar-refractivity contribution in [3.05, 3.63) is 59.5 Å². The van der Waals surface area contributed by atoms with Gasteiger partial charge in [0.05, 0.1) is 13.7 Å². The van der Waals surface area contributed by atoms with Crippen molar-refractivity contribution in [3.8, 4) is 11.5 Å². The van der Waals surface area contributed by atoms with E-state index in [4.69, 9.17) is 9.47 Å². The lowest BCUT2D eigenvalue weighted by Gasteiger charge is -2.26. The fourth-order valence-corrected chi connectivity index (χ4v) is 4.22. The third-order valence-electron chi connectivity index (χ3n) is 5.77. The van der Waals surface area contributed by atoms with Gasteiger partial charge >= 0.3 is 0 Å². The molecule has 6 heteroatoms. The molecule has 30 heavy (non-hydrogen) atoms. The van der Waals surface area contributed by atoms with Gasteiger partial charge in [-0.2, -0.15) is 0 Å². The zero-order valence-electron chi connectivity index (χ0n) is 17.4. The molecule has 0 spiro atoms. The molecule has 0 radical (unpaired) electrons. The number of hydrogen-bond acceptors (Lipinski definition) is 3. The summed E-state index contributed by atoms with van der Waals surface area (Å²) >= 11 is 0. The minimum atomic E-state index is -0.177. The Labute approximate surface area is 183 Å². The Hall–Kier alpha value is -2.24. The lowest BCUT2D eigenvalue weighted by molar-refractivity contribution is 0.208. The Morgan fingerprint density at radius 3 is 2.93 bits per heavy atom. The van der Waals surface area contributed by atoms with Gasteiger partial charge in [0.1, 0.15) is 17.3 Å². The molecule has 0 amide bonds. The number of aromatic amines is 1. The van der Waals surface area contributed by atoms with E-state index in [-0.39, 0.29) is 18.2 Å². The van der Waals surface area contributed by atoms with Crippen molar-refractivity contribution in [1.29, 1.82) is 0 Å². The quantitative estimate of drug-likeness (QED) is 0.451. The zero-order valence-corrected chi connectivity index (χ0v) is 18.2. The number of ether oxygens (including phenoxy) is 2. The summed E-state index contributed by atoms with van der Waals surface area (Å²) in [5, 5.41) is 4.54. The molecule has 1 aromatic heterocycles. The molecule has 2 N–H and O–H groups in total. The molecule has 2 heterocycles. The molecule has 0 fully saturated rings. The SMILES string of the molecule is COc1cccc2c1C[C@H](CCCNCCCc1c[nH]c3ccc(F)cc13)CO2.Cl. The van der Waals surface area contributed by atoms with Gasteiger partial charge in [-0.25, -0.2) is 4.39 Å². The first kappa shape index (κ1) is 22.4. The van der Waals surface area contributed by atoms with E-state index >= 15 is 0 Å². The number of aromatic nitrogens is 1. The van der Waals surface area contributed by atoms with Crippen LogP contribution in [0.1, 0.15) is 30.4 Å². The zero-order chi connectivity index (χ0) is 20.1. The molecule has 162 valence electrons. The van der Waals surface area contributed by atoms with Crippen molar-refractivity contribution >= 4 is 23.3 Å². The molecular formula is C24H30ClFN2O2. The second-order valence-corrected chi connectivity index (χ2v) is 7.82. The summed E-state index contributed by atoms with van der Waals surface area (Å²) in [5.74, 6) is 2.27. The number of fused-ring (bicyclic) bond motifs is 2. The van der Waals surface area contributed by atoms with Crippen molar-refractivity contribution in [2.24, 2.45) is 5.92 Å². The van der Waals surface area contributed by atoms with E-state index in [1.165, 1.54) is 17.2 Å². The number of methoxy groups -OCH3 is 1. The highest BCUT2D eigenvalue weighted by Crippen LogP contribution is 2.35. The summed E-state index contributed by atoms with van der Waals surface area (Å²) in [6.07, 6.45) is 7.29. The topological polar surface area (TPSA) is 46.3 Å². The van der Waals surface area contributed by atoms with Gasteiger partial charge in [-0.1, -0.05) is 6.07 Å². The number of nitrogens with one attached hydrogen (secondary N) is 2. The van der Waals surface area contributed by atoms with Crippen LogP contribution in [0.15, 0.2) is 42.6 Å². The van der Waals surface area contributed by atoms with E-state index in [1.54, 1.807) is 19.2 Å². The van der Waals surface area contributed by atoms with Crippen molar-refractivity contribution in [2.75, 3.05) is 26.8 Å². The molecule has 0 bridgehead atoms. The maximum atomic E-state index is 13.5. The second kappa shape index (κ2) is 10.7. The fourth-order valence-electron chi connectivity index (χ4n) is 4.22. The summed E-state index contributed by atoms with van der Waals surface area (Å²) in [6, 6.07) is 10.9. The molecule has 1 aliphatic rings. The Bertz CT molecular complexity index is 945. The lowest BCUT2D eigenvalue weighted by atomic mass is 9.92. The summed E-state index contributed by atoms with van der Waals surface area (Å²) < 4.78 is 24.9. The van der Waals surface area contributed by atoms with Crippen LogP contribution in [0.2, 0.25) is 0 Å². The normalized spacial score (nSPS) is 15.3. The maximum absolute atomic E-state index is 13.5. The molecular weight excluding hydrogens is 403 g/mol. The first-order valence-electron chi connectivity index (χ1n) is 10.5. The van der Waals surface area contributed by atoms with Crippen LogP contribution in [0.5, 0.6) is 11.5 Å². The van der Waals surface area contributed by atoms with Crippen molar-refractivity contribution in [3.63, 3.8) is 0 Å². The molecule has 2 aromatic carbocycles. The number of hydrogen-bond donors (Lipinski definition) is 2. The van der Waals surface area contributed by atoms with Crippen LogP contribution < -0.4 is 14.8 Å². The molecule has 1 aliphatic heterocycles. The van der Waals surface area contributed by atoms with Crippen LogP contribution in [0.3, 0.4) is 0 Å². The standard InChI is InChI=1S/C24H29FN2O2.ClH/c1-28-23-7-2-8-24-21(23)13-17(16-29-24)5-3-11-26-12-4-6-18-15-27-22-10-9-19(25)14-20(18)22;/h2,7-10,14-15,17,26-27H,3-6,11-13,16H2,1H3;1H/t17-;/m0./s1. The molecule has 0 aliphatic carbocycles. The highest BCUT2D eigenvalue weighted by molar-refractivity contribution is 5.85. The first-order valence-corrected chi connectivity index (χ1v) is 10.5. The third-order valence-corrected chi connectivity index (χ3v) is 5.77. The van der Waals surface area contributed by atoms with E-state index in [0.29, 0.717) is 5.92 Å². The predicted octanol–water partition coefficient (Wildman–Crippen LogP) is 5.29. The predicted molar refractivity (Wildman–Crippen MR) is 122 cm³/mol. The van der Waals surface area contributed by atoms with Crippen LogP contribution in [0, 0.1) is 11.7 Å². The minimum Gasteiger partial charge on any atom is -0.496 e. The van der Waals surface area contributed by atoms with Crippen molar-refractivity contribution < 1.29 is 13.9 Å². The second-order valence-electron chi connectivity index (χ2n) is 7.82. The first-order chi connectivity index (χ1) is 14.2. The maximum Gasteiger partial charge on any atom is 0.126 e. The van der Waals surface area contributed by atoms with Gasteiger partial charge in [-0.3, -0.25) is 0 Å². The molecule has 0 saturated heterocycles. The van der Waals surface area contributed by atoms with Crippen molar-refractivity contribution in [2.45, 2.75) is 32.1 Å². The summed E-state index contributed by atoms with van der Waals surface area (Å²) in [5.41, 5.74) is 3.39.